The van der Waals surface area contributed by atoms with Gasteiger partial charge >= 0.3 is 0 Å². The molecule has 0 spiro atoms. The minimum Gasteiger partial charge on any atom is -0.313 e. The largest absolute Gasteiger partial charge is 0.313 e. The number of hydrogen-bond acceptors (Lipinski definition) is 1. The molecule has 3 aliphatic carbocycles. The van der Waals surface area contributed by atoms with E-state index in [9.17, 15) is 0 Å². The molecule has 67 heavy (non-hydrogen) atoms. The van der Waals surface area contributed by atoms with E-state index in [2.05, 4.69) is 223 Å². The van der Waals surface area contributed by atoms with Crippen LogP contribution < -0.4 is 9.75 Å². The fraction of sp³-hybridized carbons (Fsp3) is 0.125. The highest BCUT2D eigenvalue weighted by Crippen LogP contribution is 2.44. The number of para-hydroxylation sites is 1. The van der Waals surface area contributed by atoms with Crippen LogP contribution in [0.2, 0.25) is 0 Å². The van der Waals surface area contributed by atoms with Crippen molar-refractivity contribution >= 4 is 89.9 Å². The summed E-state index contributed by atoms with van der Waals surface area (Å²) in [4.78, 5) is 1.41. The molecule has 3 aliphatic rings. The second-order valence-electron chi connectivity index (χ2n) is 18.5. The topological polar surface area (TPSA) is 9.86 Å². The van der Waals surface area contributed by atoms with E-state index in [1.165, 1.54) is 125 Å². The van der Waals surface area contributed by atoms with Gasteiger partial charge in [0.2, 0.25) is 0 Å². The number of fused-ring (bicyclic) bond motifs is 8. The van der Waals surface area contributed by atoms with Crippen LogP contribution in [0.4, 0.5) is 0 Å². The minimum absolute atomic E-state index is 0.196. The first-order chi connectivity index (χ1) is 33.1. The van der Waals surface area contributed by atoms with E-state index in [4.69, 9.17) is 0 Å². The van der Waals surface area contributed by atoms with Crippen molar-refractivity contribution in [1.29, 1.82) is 0 Å². The summed E-state index contributed by atoms with van der Waals surface area (Å²) in [7, 11) is 0. The van der Waals surface area contributed by atoms with Crippen molar-refractivity contribution in [1.82, 2.24) is 9.13 Å². The van der Waals surface area contributed by atoms with Crippen molar-refractivity contribution in [2.45, 2.75) is 51.9 Å². The molecule has 10 aromatic rings. The molecule has 0 saturated carbocycles. The fourth-order valence-corrected chi connectivity index (χ4v) is 12.9. The van der Waals surface area contributed by atoms with Crippen LogP contribution in [0, 0.1) is 0 Å². The van der Waals surface area contributed by atoms with E-state index in [1.54, 1.807) is 0 Å². The quantitative estimate of drug-likeness (QED) is 0.157. The lowest BCUT2D eigenvalue weighted by Gasteiger charge is -2.24. The van der Waals surface area contributed by atoms with Crippen LogP contribution >= 0.6 is 11.3 Å². The lowest BCUT2D eigenvalue weighted by molar-refractivity contribution is 0.879. The summed E-state index contributed by atoms with van der Waals surface area (Å²) >= 11 is 1.95. The second-order valence-corrected chi connectivity index (χ2v) is 19.6. The van der Waals surface area contributed by atoms with Gasteiger partial charge in [-0.15, -0.1) is 11.3 Å². The van der Waals surface area contributed by atoms with Gasteiger partial charge in [0, 0.05) is 49.6 Å². The number of thiophene rings is 1. The number of nitrogens with zero attached hydrogens (tertiary/aromatic N) is 2. The summed E-state index contributed by atoms with van der Waals surface area (Å²) in [6, 6.07) is 59.0. The predicted octanol–water partition coefficient (Wildman–Crippen LogP) is 15.7. The van der Waals surface area contributed by atoms with Crippen molar-refractivity contribution in [3.8, 4) is 16.8 Å². The Bertz CT molecular complexity index is 3890. The molecular weight excluding hydrogens is 829 g/mol. The van der Waals surface area contributed by atoms with Gasteiger partial charge in [0.1, 0.15) is 0 Å². The molecule has 0 aliphatic heterocycles. The minimum atomic E-state index is 0.196. The molecule has 1 atom stereocenters. The molecule has 7 aromatic carbocycles. The van der Waals surface area contributed by atoms with E-state index in [1.807, 2.05) is 11.3 Å². The molecule has 13 rings (SSSR count). The van der Waals surface area contributed by atoms with Crippen molar-refractivity contribution < 1.29 is 0 Å². The highest BCUT2D eigenvalue weighted by molar-refractivity contribution is 7.11. The first kappa shape index (κ1) is 39.9. The van der Waals surface area contributed by atoms with Gasteiger partial charge in [-0.2, -0.15) is 0 Å². The van der Waals surface area contributed by atoms with Gasteiger partial charge in [0.15, 0.2) is 0 Å². The average Bonchev–Trinajstić information content (AvgIpc) is 4.06. The van der Waals surface area contributed by atoms with E-state index >= 15 is 0 Å². The highest BCUT2D eigenvalue weighted by atomic mass is 32.1. The first-order valence-corrected chi connectivity index (χ1v) is 24.8. The van der Waals surface area contributed by atoms with Crippen molar-refractivity contribution in [3.05, 3.63) is 230 Å². The van der Waals surface area contributed by atoms with Crippen LogP contribution in [-0.2, 0) is 12.8 Å². The van der Waals surface area contributed by atoms with Crippen molar-refractivity contribution in [2.24, 2.45) is 0 Å². The van der Waals surface area contributed by atoms with Gasteiger partial charge < -0.3 is 9.13 Å². The third-order valence-corrected chi connectivity index (χ3v) is 16.1. The zero-order valence-corrected chi connectivity index (χ0v) is 38.8. The number of allylic oxidation sites excluding steroid dienone is 6. The summed E-state index contributed by atoms with van der Waals surface area (Å²) in [6.45, 7) is 4.54. The summed E-state index contributed by atoms with van der Waals surface area (Å²) in [5.74, 6) is 0.196. The van der Waals surface area contributed by atoms with Crippen molar-refractivity contribution in [3.63, 3.8) is 0 Å². The summed E-state index contributed by atoms with van der Waals surface area (Å²) < 4.78 is 6.43. The standard InChI is InChI=1S/C64H50N2S/c1-3-51-57-23-11-14-27-63(57)67-64(51)41(2)65-59-25-12-9-21-54(59)56-34-30-46(40-62(56)65)48-36-47(37-49(38-48)53-24-15-19-44-18-7-8-20-52(44)53)45-31-35-61-58(39-45)55-22-10-13-26-60(55)66(61)50-32-28-43(29-33-50)42-16-5-4-6-17-42/h3-10,12,14-22,24-25,27-37,39-40,49H,11,13,23,26,38H2,1-2H3/b51-3-,64-41-. The van der Waals surface area contributed by atoms with Crippen LogP contribution in [0.1, 0.15) is 77.4 Å². The molecule has 3 heterocycles. The van der Waals surface area contributed by atoms with E-state index in [0.717, 1.165) is 32.1 Å². The Morgan fingerprint density at radius 1 is 0.612 bits per heavy atom. The average molecular weight is 879 g/mol. The number of aromatic nitrogens is 2. The molecular formula is C64H50N2S. The summed E-state index contributed by atoms with van der Waals surface area (Å²) in [5.41, 5.74) is 19.6. The molecule has 3 aromatic heterocycles. The number of hydrogen-bond donors (Lipinski definition) is 0. The Balaban J connectivity index is 0.982. The Hall–Kier alpha value is -7.46. The highest BCUT2D eigenvalue weighted by Gasteiger charge is 2.25. The van der Waals surface area contributed by atoms with Crippen LogP contribution in [0.5, 0.6) is 0 Å². The zero-order chi connectivity index (χ0) is 44.6. The molecule has 3 heteroatoms. The van der Waals surface area contributed by atoms with Crippen LogP contribution in [-0.4, -0.2) is 9.13 Å². The molecule has 0 N–H and O–H groups in total. The van der Waals surface area contributed by atoms with Gasteiger partial charge in [-0.25, -0.2) is 0 Å². The second kappa shape index (κ2) is 16.2. The molecule has 0 amide bonds. The van der Waals surface area contributed by atoms with Crippen LogP contribution in [0.15, 0.2) is 182 Å². The van der Waals surface area contributed by atoms with Gasteiger partial charge in [-0.3, -0.25) is 0 Å². The molecule has 0 bridgehead atoms. The third kappa shape index (κ3) is 6.59. The molecule has 0 fully saturated rings. The molecule has 322 valence electrons. The maximum atomic E-state index is 2.55. The molecule has 0 radical (unpaired) electrons. The molecule has 0 saturated heterocycles. The summed E-state index contributed by atoms with van der Waals surface area (Å²) in [6.07, 6.45) is 22.0. The van der Waals surface area contributed by atoms with Gasteiger partial charge in [0.05, 0.1) is 21.1 Å². The smallest absolute Gasteiger partial charge is 0.0544 e. The SMILES string of the molecule is C/C=c1/c2c(s/c1=C(/C)n1c3ccccc3c3ccc(C4=CC(c5ccc6c(c5)c5c(n6-c6ccc(-c7ccccc7)cc6)CCC=C5)=CC(c5cccc6ccccc56)C4)cc31)C=CCC2. The maximum absolute atomic E-state index is 2.55. The number of rotatable bonds is 6. The predicted molar refractivity (Wildman–Crippen MR) is 288 cm³/mol. The van der Waals surface area contributed by atoms with Crippen LogP contribution in [0.3, 0.4) is 0 Å². The van der Waals surface area contributed by atoms with Gasteiger partial charge in [0.25, 0.3) is 0 Å². The van der Waals surface area contributed by atoms with Crippen molar-refractivity contribution in [2.75, 3.05) is 0 Å². The van der Waals surface area contributed by atoms with E-state index < -0.39 is 0 Å². The van der Waals surface area contributed by atoms with Gasteiger partial charge in [-0.1, -0.05) is 158 Å². The Morgan fingerprint density at radius 2 is 1.34 bits per heavy atom. The maximum Gasteiger partial charge on any atom is 0.0544 e. The Labute approximate surface area is 395 Å². The third-order valence-electron chi connectivity index (χ3n) is 14.8. The lowest BCUT2D eigenvalue weighted by atomic mass is 9.80. The normalized spacial score (nSPS) is 16.4. The molecule has 2 nitrogen and oxygen atoms in total. The van der Waals surface area contributed by atoms with Gasteiger partial charge in [-0.05, 0) is 149 Å². The Kier molecular flexibility index (Phi) is 9.61. The fourth-order valence-electron chi connectivity index (χ4n) is 11.6. The van der Waals surface area contributed by atoms with Crippen LogP contribution in [0.25, 0.3) is 95.4 Å². The van der Waals surface area contributed by atoms with E-state index in [-0.39, 0.29) is 5.92 Å². The van der Waals surface area contributed by atoms with E-state index in [0.29, 0.717) is 0 Å². The number of benzene rings is 7. The Morgan fingerprint density at radius 3 is 2.22 bits per heavy atom. The molecule has 1 unspecified atom stereocenters. The first-order valence-electron chi connectivity index (χ1n) is 24.0. The lowest BCUT2D eigenvalue weighted by Crippen LogP contribution is -2.25. The monoisotopic (exact) mass is 878 g/mol. The summed E-state index contributed by atoms with van der Waals surface area (Å²) in [5, 5.41) is 7.91. The zero-order valence-electron chi connectivity index (χ0n) is 38.0.